The Bertz CT molecular complexity index is 2720. The van der Waals surface area contributed by atoms with Crippen molar-refractivity contribution in [3.05, 3.63) is 155 Å². The molecular weight excluding hydrogens is 857 g/mol. The molecule has 5 aromatic rings. The number of hydrogen-bond donors (Lipinski definition) is 4. The molecule has 3 fully saturated rings. The number of cyclic esters (lactones) is 1. The van der Waals surface area contributed by atoms with Crippen molar-refractivity contribution in [3.8, 4) is 17.6 Å². The molecule has 0 bridgehead atoms. The molecular formula is C51H48N6O10. The number of carbonyl (C=O) groups excluding carboxylic acids is 5. The molecule has 16 heteroatoms. The third-order valence-electron chi connectivity index (χ3n) is 12.7. The maximum absolute atomic E-state index is 16.3. The van der Waals surface area contributed by atoms with Crippen molar-refractivity contribution in [2.45, 2.75) is 29.6 Å². The number of imide groups is 1. The number of nitrogens with two attached hydrogens (primary N) is 1. The summed E-state index contributed by atoms with van der Waals surface area (Å²) in [5.74, 6) is 1.92. The second kappa shape index (κ2) is 19.0. The van der Waals surface area contributed by atoms with Gasteiger partial charge in [-0.3, -0.25) is 19.3 Å². The predicted molar refractivity (Wildman–Crippen MR) is 246 cm³/mol. The van der Waals surface area contributed by atoms with Gasteiger partial charge < -0.3 is 45.3 Å². The number of aromatic hydroxyl groups is 1. The molecule has 6 atom stereocenters. The van der Waals surface area contributed by atoms with E-state index >= 15 is 14.4 Å². The SMILES string of the molecule is COCCOC(=O)N1C(=O)[C@@]2(c3cc(C#CCNC(N)=O)ccc31)[C@H](C(=O)Nc1ccc(N3CCOCC3)cc1)[C@H]1C(=O)O[C@H](c3ccccc3)[C@H](c3ccccc3)N1[C@@H]2c1ccc(O)cc1. The van der Waals surface area contributed by atoms with Gasteiger partial charge in [0.15, 0.2) is 0 Å². The molecule has 4 aliphatic rings. The molecule has 1 spiro atoms. The topological polar surface area (TPSA) is 202 Å². The minimum Gasteiger partial charge on any atom is -0.508 e. The zero-order valence-electron chi connectivity index (χ0n) is 36.5. The molecule has 0 radical (unpaired) electrons. The van der Waals surface area contributed by atoms with E-state index in [9.17, 15) is 14.7 Å². The van der Waals surface area contributed by atoms with Gasteiger partial charge in [-0.2, -0.15) is 0 Å². The Morgan fingerprint density at radius 2 is 1.52 bits per heavy atom. The van der Waals surface area contributed by atoms with Crippen molar-refractivity contribution in [1.29, 1.82) is 0 Å². The summed E-state index contributed by atoms with van der Waals surface area (Å²) in [6.07, 6.45) is -1.97. The lowest BCUT2D eigenvalue weighted by Gasteiger charge is -2.46. The molecule has 5 amide bonds. The number of ether oxygens (including phenoxy) is 4. The number of rotatable bonds is 10. The van der Waals surface area contributed by atoms with Crippen LogP contribution in [0.15, 0.2) is 127 Å². The number of amides is 5. The van der Waals surface area contributed by atoms with E-state index in [1.54, 1.807) is 42.5 Å². The van der Waals surface area contributed by atoms with Gasteiger partial charge in [-0.25, -0.2) is 14.5 Å². The van der Waals surface area contributed by atoms with Crippen molar-refractivity contribution >= 4 is 47.0 Å². The smallest absolute Gasteiger partial charge is 0.421 e. The Labute approximate surface area is 386 Å². The average Bonchev–Trinajstić information content (AvgIpc) is 3.80. The fourth-order valence-corrected chi connectivity index (χ4v) is 9.97. The maximum atomic E-state index is 16.3. The lowest BCUT2D eigenvalue weighted by molar-refractivity contribution is -0.177. The monoisotopic (exact) mass is 904 g/mol. The van der Waals surface area contributed by atoms with E-state index in [1.165, 1.54) is 19.2 Å². The Morgan fingerprint density at radius 1 is 0.836 bits per heavy atom. The molecule has 5 N–H and O–H groups in total. The fourth-order valence-electron chi connectivity index (χ4n) is 9.97. The molecule has 67 heavy (non-hydrogen) atoms. The zero-order chi connectivity index (χ0) is 46.7. The Kier molecular flexibility index (Phi) is 12.6. The van der Waals surface area contributed by atoms with Crippen molar-refractivity contribution < 1.29 is 48.0 Å². The Balaban J connectivity index is 1.30. The number of fused-ring (bicyclic) bond motifs is 3. The minimum absolute atomic E-state index is 0.0342. The van der Waals surface area contributed by atoms with E-state index in [-0.39, 0.29) is 36.8 Å². The number of carbonyl (C=O) groups is 5. The quantitative estimate of drug-likeness (QED) is 0.0798. The van der Waals surface area contributed by atoms with Crippen molar-refractivity contribution in [3.63, 3.8) is 0 Å². The molecule has 4 heterocycles. The summed E-state index contributed by atoms with van der Waals surface area (Å²) < 4.78 is 22.9. The fraction of sp³-hybridized carbons (Fsp3) is 0.275. The second-order valence-corrected chi connectivity index (χ2v) is 16.5. The normalized spacial score (nSPS) is 23.1. The van der Waals surface area contributed by atoms with Gasteiger partial charge in [-0.05, 0) is 76.9 Å². The van der Waals surface area contributed by atoms with E-state index < -0.39 is 65.5 Å². The summed E-state index contributed by atoms with van der Waals surface area (Å²) in [5.41, 5.74) is 7.03. The number of esters is 1. The highest BCUT2D eigenvalue weighted by atomic mass is 16.6. The van der Waals surface area contributed by atoms with Gasteiger partial charge >= 0.3 is 18.1 Å². The standard InChI is InChI=1S/C51H48N6O10/c1-64-29-30-66-50(63)56-40-23-14-32(9-8-24-53-49(52)62)31-39(40)51(48(56)61)41(46(59)54-36-17-19-37(20-18-36)55-25-27-65-28-26-55)43-47(60)67-44(34-12-6-3-7-13-34)42(33-10-4-2-5-11-33)57(43)45(51)35-15-21-38(58)22-16-35/h2-7,10-23,31,41-45,58H,24-30H2,1H3,(H,54,59)(H3,52,53,62)/t41-,42-,43-,44+,45+,51-/m0/s1. The molecule has 0 aliphatic carbocycles. The lowest BCUT2D eigenvalue weighted by atomic mass is 9.65. The van der Waals surface area contributed by atoms with Crippen LogP contribution in [0.1, 0.15) is 46.0 Å². The number of anilines is 3. The molecule has 16 nitrogen and oxygen atoms in total. The van der Waals surface area contributed by atoms with Crippen molar-refractivity contribution in [2.75, 3.05) is 68.3 Å². The number of nitrogens with zero attached hydrogens (tertiary/aromatic N) is 3. The Hall–Kier alpha value is -7.71. The van der Waals surface area contributed by atoms with Crippen LogP contribution in [-0.4, -0.2) is 99.1 Å². The molecule has 5 aromatic carbocycles. The highest BCUT2D eigenvalue weighted by Crippen LogP contribution is 2.66. The number of phenols is 1. The predicted octanol–water partition coefficient (Wildman–Crippen LogP) is 5.34. The average molecular weight is 905 g/mol. The highest BCUT2D eigenvalue weighted by molar-refractivity contribution is 6.24. The van der Waals surface area contributed by atoms with Crippen LogP contribution in [0.4, 0.5) is 26.7 Å². The molecule has 0 saturated carbocycles. The molecule has 0 unspecified atom stereocenters. The Morgan fingerprint density at radius 3 is 2.19 bits per heavy atom. The zero-order valence-corrected chi connectivity index (χ0v) is 36.5. The van der Waals surface area contributed by atoms with Crippen LogP contribution in [0.3, 0.4) is 0 Å². The van der Waals surface area contributed by atoms with Crippen LogP contribution in [-0.2, 0) is 38.7 Å². The molecule has 3 saturated heterocycles. The van der Waals surface area contributed by atoms with E-state index in [0.717, 1.165) is 16.2 Å². The summed E-state index contributed by atoms with van der Waals surface area (Å²) >= 11 is 0. The first kappa shape index (κ1) is 44.5. The lowest BCUT2D eigenvalue weighted by Crippen LogP contribution is -2.54. The van der Waals surface area contributed by atoms with Crippen LogP contribution in [0.5, 0.6) is 5.75 Å². The number of phenolic OH excluding ortho intramolecular Hbond substituents is 1. The summed E-state index contributed by atoms with van der Waals surface area (Å²) in [6, 6.07) is 32.7. The van der Waals surface area contributed by atoms with Gasteiger partial charge in [0.25, 0.3) is 0 Å². The van der Waals surface area contributed by atoms with Gasteiger partial charge in [-0.15, -0.1) is 0 Å². The van der Waals surface area contributed by atoms with E-state index in [2.05, 4.69) is 27.4 Å². The van der Waals surface area contributed by atoms with E-state index in [4.69, 9.17) is 24.7 Å². The van der Waals surface area contributed by atoms with Crippen LogP contribution in [0.25, 0.3) is 0 Å². The van der Waals surface area contributed by atoms with Crippen molar-refractivity contribution in [1.82, 2.24) is 10.2 Å². The largest absolute Gasteiger partial charge is 0.508 e. The number of morpholine rings is 2. The molecule has 9 rings (SSSR count). The number of primary amides is 1. The first-order valence-corrected chi connectivity index (χ1v) is 21.9. The van der Waals surface area contributed by atoms with Gasteiger partial charge in [-0.1, -0.05) is 84.6 Å². The van der Waals surface area contributed by atoms with Crippen LogP contribution >= 0.6 is 0 Å². The maximum Gasteiger partial charge on any atom is 0.421 e. The molecule has 342 valence electrons. The summed E-state index contributed by atoms with van der Waals surface area (Å²) in [7, 11) is 1.45. The third-order valence-corrected chi connectivity index (χ3v) is 12.7. The summed E-state index contributed by atoms with van der Waals surface area (Å²) in [4.78, 5) is 78.3. The van der Waals surface area contributed by atoms with Gasteiger partial charge in [0.05, 0.1) is 50.1 Å². The first-order valence-electron chi connectivity index (χ1n) is 21.9. The third kappa shape index (κ3) is 8.29. The van der Waals surface area contributed by atoms with E-state index in [1.807, 2.05) is 77.7 Å². The number of urea groups is 1. The molecule has 4 aliphatic heterocycles. The van der Waals surface area contributed by atoms with Gasteiger partial charge in [0.1, 0.15) is 29.9 Å². The molecule has 0 aromatic heterocycles. The minimum atomic E-state index is -2.10. The second-order valence-electron chi connectivity index (χ2n) is 16.5. The van der Waals surface area contributed by atoms with Crippen LogP contribution in [0.2, 0.25) is 0 Å². The summed E-state index contributed by atoms with van der Waals surface area (Å²) in [6.45, 7) is 2.30. The van der Waals surface area contributed by atoms with Crippen LogP contribution < -0.4 is 26.2 Å². The summed E-state index contributed by atoms with van der Waals surface area (Å²) in [5, 5.41) is 16.2. The van der Waals surface area contributed by atoms with E-state index in [0.29, 0.717) is 48.7 Å². The van der Waals surface area contributed by atoms with Crippen LogP contribution in [0, 0.1) is 17.8 Å². The number of benzene rings is 5. The number of nitrogens with one attached hydrogen (secondary N) is 2. The van der Waals surface area contributed by atoms with Crippen molar-refractivity contribution in [2.24, 2.45) is 11.7 Å². The van der Waals surface area contributed by atoms with Gasteiger partial charge in [0, 0.05) is 37.1 Å². The van der Waals surface area contributed by atoms with Gasteiger partial charge in [0.2, 0.25) is 11.8 Å². The number of hydrogen-bond acceptors (Lipinski definition) is 12. The first-order chi connectivity index (χ1) is 32.6. The number of methoxy groups -OCH3 is 1. The highest BCUT2D eigenvalue weighted by Gasteiger charge is 2.75.